The van der Waals surface area contributed by atoms with Crippen molar-refractivity contribution < 1.29 is 27.9 Å². The number of carboxylic acid groups (broad SMARTS) is 1. The molecule has 0 aliphatic carbocycles. The highest BCUT2D eigenvalue weighted by Gasteiger charge is 2.47. The van der Waals surface area contributed by atoms with E-state index < -0.39 is 29.5 Å². The Bertz CT molecular complexity index is 314. The predicted molar refractivity (Wildman–Crippen MR) is 49.6 cm³/mol. The van der Waals surface area contributed by atoms with Crippen LogP contribution in [0.15, 0.2) is 12.7 Å². The lowest BCUT2D eigenvalue weighted by atomic mass is 9.87. The van der Waals surface area contributed by atoms with Gasteiger partial charge in [-0.1, -0.05) is 13.0 Å². The third-order valence-corrected chi connectivity index (χ3v) is 2.34. The molecule has 2 atom stereocenters. The standard InChI is InChI=1S/C9H12F3NO3/c1-4-5(2)8(3,7(15)16)13-6(14)9(10,11)12/h4-5H,1H2,2-3H3,(H,13,14)(H,15,16)/t5-,8-/m0/s1. The molecule has 92 valence electrons. The van der Waals surface area contributed by atoms with Crippen LogP contribution in [0.1, 0.15) is 13.8 Å². The number of rotatable bonds is 4. The van der Waals surface area contributed by atoms with Crippen LogP contribution in [0.4, 0.5) is 13.2 Å². The first-order chi connectivity index (χ1) is 7.05. The molecule has 0 aromatic rings. The number of aliphatic carboxylic acids is 1. The molecular weight excluding hydrogens is 227 g/mol. The first-order valence-electron chi connectivity index (χ1n) is 4.31. The van der Waals surface area contributed by atoms with Gasteiger partial charge in [-0.2, -0.15) is 13.2 Å². The topological polar surface area (TPSA) is 66.4 Å². The van der Waals surface area contributed by atoms with Crippen LogP contribution in [-0.2, 0) is 9.59 Å². The van der Waals surface area contributed by atoms with Crippen molar-refractivity contribution in [2.75, 3.05) is 0 Å². The minimum absolute atomic E-state index is 0.851. The number of alkyl halides is 3. The van der Waals surface area contributed by atoms with Crippen LogP contribution in [0.3, 0.4) is 0 Å². The number of amides is 1. The number of hydrogen-bond acceptors (Lipinski definition) is 2. The van der Waals surface area contributed by atoms with Crippen LogP contribution in [0.2, 0.25) is 0 Å². The van der Waals surface area contributed by atoms with Gasteiger partial charge in [0, 0.05) is 5.92 Å². The van der Waals surface area contributed by atoms with Gasteiger partial charge in [-0.25, -0.2) is 4.79 Å². The van der Waals surface area contributed by atoms with E-state index >= 15 is 0 Å². The Morgan fingerprint density at radius 1 is 1.44 bits per heavy atom. The summed E-state index contributed by atoms with van der Waals surface area (Å²) >= 11 is 0. The summed E-state index contributed by atoms with van der Waals surface area (Å²) in [6, 6.07) is 0. The first kappa shape index (κ1) is 14.5. The predicted octanol–water partition coefficient (Wildman–Crippen LogP) is 1.33. The molecule has 16 heavy (non-hydrogen) atoms. The highest BCUT2D eigenvalue weighted by Crippen LogP contribution is 2.22. The van der Waals surface area contributed by atoms with Crippen LogP contribution in [0.5, 0.6) is 0 Å². The maximum absolute atomic E-state index is 12.0. The number of carbonyl (C=O) groups is 2. The lowest BCUT2D eigenvalue weighted by Gasteiger charge is -2.30. The first-order valence-corrected chi connectivity index (χ1v) is 4.31. The van der Waals surface area contributed by atoms with Crippen molar-refractivity contribution in [2.24, 2.45) is 5.92 Å². The summed E-state index contributed by atoms with van der Waals surface area (Å²) in [5.41, 5.74) is -2.03. The largest absolute Gasteiger partial charge is 0.479 e. The van der Waals surface area contributed by atoms with Crippen LogP contribution in [0, 0.1) is 5.92 Å². The molecule has 4 nitrogen and oxygen atoms in total. The Labute approximate surface area is 90.1 Å². The third kappa shape index (κ3) is 2.98. The Kier molecular flexibility index (Phi) is 4.11. The molecule has 2 N–H and O–H groups in total. The van der Waals surface area contributed by atoms with Gasteiger partial charge < -0.3 is 10.4 Å². The Balaban J connectivity index is 5.05. The van der Waals surface area contributed by atoms with Crippen molar-refractivity contribution >= 4 is 11.9 Å². The van der Waals surface area contributed by atoms with Gasteiger partial charge in [-0.15, -0.1) is 6.58 Å². The number of carbonyl (C=O) groups excluding carboxylic acids is 1. The number of carboxylic acids is 1. The zero-order valence-electron chi connectivity index (χ0n) is 8.76. The van der Waals surface area contributed by atoms with Gasteiger partial charge in [0.25, 0.3) is 0 Å². The highest BCUT2D eigenvalue weighted by molar-refractivity contribution is 5.89. The quantitative estimate of drug-likeness (QED) is 0.727. The number of halogens is 3. The summed E-state index contributed by atoms with van der Waals surface area (Å²) < 4.78 is 35.9. The molecule has 0 aromatic heterocycles. The molecule has 0 saturated carbocycles. The van der Waals surface area contributed by atoms with Crippen molar-refractivity contribution in [1.29, 1.82) is 0 Å². The van der Waals surface area contributed by atoms with Crippen LogP contribution < -0.4 is 5.32 Å². The van der Waals surface area contributed by atoms with Gasteiger partial charge in [0.1, 0.15) is 5.54 Å². The fraction of sp³-hybridized carbons (Fsp3) is 0.556. The summed E-state index contributed by atoms with van der Waals surface area (Å²) in [5, 5.41) is 10.3. The second kappa shape index (κ2) is 4.54. The smallest absolute Gasteiger partial charge is 0.471 e. The normalized spacial score (nSPS) is 17.1. The van der Waals surface area contributed by atoms with Crippen molar-refractivity contribution in [2.45, 2.75) is 25.6 Å². The molecule has 1 amide bonds. The van der Waals surface area contributed by atoms with E-state index in [1.54, 1.807) is 0 Å². The molecule has 0 fully saturated rings. The maximum Gasteiger partial charge on any atom is 0.471 e. The van der Waals surface area contributed by atoms with E-state index in [0.717, 1.165) is 13.0 Å². The maximum atomic E-state index is 12.0. The molecule has 7 heteroatoms. The highest BCUT2D eigenvalue weighted by atomic mass is 19.4. The zero-order valence-corrected chi connectivity index (χ0v) is 8.76. The average Bonchev–Trinajstić information content (AvgIpc) is 2.14. The second-order valence-electron chi connectivity index (χ2n) is 3.48. The summed E-state index contributed by atoms with van der Waals surface area (Å²) in [6.45, 7) is 5.62. The molecule has 0 saturated heterocycles. The van der Waals surface area contributed by atoms with Gasteiger partial charge >= 0.3 is 18.1 Å². The van der Waals surface area contributed by atoms with Gasteiger partial charge in [0.05, 0.1) is 0 Å². The fourth-order valence-corrected chi connectivity index (χ4v) is 0.904. The minimum atomic E-state index is -5.11. The monoisotopic (exact) mass is 239 g/mol. The fourth-order valence-electron chi connectivity index (χ4n) is 0.904. The van der Waals surface area contributed by atoms with E-state index in [9.17, 15) is 22.8 Å². The lowest BCUT2D eigenvalue weighted by molar-refractivity contribution is -0.178. The summed E-state index contributed by atoms with van der Waals surface area (Å²) in [6.07, 6.45) is -3.96. The summed E-state index contributed by atoms with van der Waals surface area (Å²) in [4.78, 5) is 21.5. The Morgan fingerprint density at radius 3 is 2.12 bits per heavy atom. The van der Waals surface area contributed by atoms with Gasteiger partial charge in [-0.05, 0) is 6.92 Å². The van der Waals surface area contributed by atoms with E-state index in [-0.39, 0.29) is 0 Å². The summed E-state index contributed by atoms with van der Waals surface area (Å²) in [7, 11) is 0. The van der Waals surface area contributed by atoms with Crippen molar-refractivity contribution in [3.8, 4) is 0 Å². The van der Waals surface area contributed by atoms with Crippen LogP contribution in [0.25, 0.3) is 0 Å². The molecule has 0 aliphatic rings. The Hall–Kier alpha value is -1.53. The van der Waals surface area contributed by atoms with Gasteiger partial charge in [0.15, 0.2) is 0 Å². The number of nitrogens with one attached hydrogen (secondary N) is 1. The van der Waals surface area contributed by atoms with E-state index in [2.05, 4.69) is 6.58 Å². The SMILES string of the molecule is C=C[C@H](C)[C@](C)(NC(=O)C(F)(F)F)C(=O)O. The van der Waals surface area contributed by atoms with E-state index in [0.29, 0.717) is 0 Å². The van der Waals surface area contributed by atoms with Crippen LogP contribution in [-0.4, -0.2) is 28.7 Å². The van der Waals surface area contributed by atoms with Gasteiger partial charge in [0.2, 0.25) is 0 Å². The van der Waals surface area contributed by atoms with Crippen molar-refractivity contribution in [1.82, 2.24) is 5.32 Å². The molecule has 0 aromatic carbocycles. The molecule has 0 rings (SSSR count). The van der Waals surface area contributed by atoms with E-state index in [4.69, 9.17) is 5.11 Å². The number of hydrogen-bond donors (Lipinski definition) is 2. The molecule has 0 radical (unpaired) electrons. The average molecular weight is 239 g/mol. The second-order valence-corrected chi connectivity index (χ2v) is 3.48. The van der Waals surface area contributed by atoms with E-state index in [1.807, 2.05) is 0 Å². The Morgan fingerprint density at radius 2 is 1.88 bits per heavy atom. The molecular formula is C9H12F3NO3. The minimum Gasteiger partial charge on any atom is -0.479 e. The third-order valence-electron chi connectivity index (χ3n) is 2.34. The van der Waals surface area contributed by atoms with Crippen LogP contribution >= 0.6 is 0 Å². The summed E-state index contributed by atoms with van der Waals surface area (Å²) in [5.74, 6) is -4.69. The molecule has 0 bridgehead atoms. The lowest BCUT2D eigenvalue weighted by Crippen LogP contribution is -2.58. The van der Waals surface area contributed by atoms with Gasteiger partial charge in [-0.3, -0.25) is 4.79 Å². The molecule has 0 heterocycles. The van der Waals surface area contributed by atoms with Crippen molar-refractivity contribution in [3.63, 3.8) is 0 Å². The van der Waals surface area contributed by atoms with E-state index in [1.165, 1.54) is 12.2 Å². The molecule has 0 unspecified atom stereocenters. The molecule has 0 aliphatic heterocycles. The molecule has 0 spiro atoms. The van der Waals surface area contributed by atoms with Crippen molar-refractivity contribution in [3.05, 3.63) is 12.7 Å². The zero-order chi connectivity index (χ0) is 13.1.